The molecule has 1 aliphatic carbocycles. The summed E-state index contributed by atoms with van der Waals surface area (Å²) in [6, 6.07) is 0. The van der Waals surface area contributed by atoms with Gasteiger partial charge >= 0.3 is 35.0 Å². The van der Waals surface area contributed by atoms with E-state index in [2.05, 4.69) is 61.5 Å². The van der Waals surface area contributed by atoms with Crippen molar-refractivity contribution in [1.29, 1.82) is 0 Å². The van der Waals surface area contributed by atoms with E-state index in [0.717, 1.165) is 75.7 Å². The number of methoxy groups -OCH3 is 1. The Morgan fingerprint density at radius 3 is 2.25 bits per heavy atom. The molecule has 55 heavy (non-hydrogen) atoms. The Bertz CT molecular complexity index is 2210. The maximum atomic E-state index is 14.3. The van der Waals surface area contributed by atoms with Crippen LogP contribution in [0.5, 0.6) is 0 Å². The van der Waals surface area contributed by atoms with Crippen LogP contribution in [0.1, 0.15) is 135 Å². The molecule has 5 heterocycles. The number of aromatic nitrogens is 3. The molecule has 288 valence electrons. The minimum atomic E-state index is -1.20. The van der Waals surface area contributed by atoms with Crippen molar-refractivity contribution in [3.05, 3.63) is 95.2 Å². The Kier molecular flexibility index (Phi) is 13.3. The van der Waals surface area contributed by atoms with Crippen LogP contribution >= 0.6 is 0 Å². The quantitative estimate of drug-likeness (QED) is 0.0869. The second-order valence-corrected chi connectivity index (χ2v) is 15.6. The first kappa shape index (κ1) is 42.1. The van der Waals surface area contributed by atoms with Crippen molar-refractivity contribution in [3.63, 3.8) is 0 Å². The van der Waals surface area contributed by atoms with Gasteiger partial charge in [0, 0.05) is 12.0 Å². The number of Topliss-reactive ketones (excluding diaryl/α,β-unsaturated/α-hetero) is 1. The third kappa shape index (κ3) is 8.13. The Labute approximate surface area is 341 Å². The van der Waals surface area contributed by atoms with Crippen molar-refractivity contribution >= 4 is 64.6 Å². The second-order valence-electron chi connectivity index (χ2n) is 15.6. The monoisotopic (exact) mass is 754 g/mol. The SMILES string of the molecule is CCc1c2[n-]c(c1C)/C=C1\[N-]/C(=C3\c4[n-]c(c(C)c4C(=O)[C@@H]3C(=O)OC)/C=c3\[n-]/c(c(C)c3CC)=C\2)[C@@H](CCC(=O)OC/C=C(\C)CCCC(C)C)[C@@H]1C.[Mg+2]. The van der Waals surface area contributed by atoms with Crippen LogP contribution in [0.15, 0.2) is 23.0 Å². The van der Waals surface area contributed by atoms with Gasteiger partial charge in [-0.25, -0.2) is 0 Å². The molecule has 1 saturated heterocycles. The smallest absolute Gasteiger partial charge is 0.664 e. The first-order valence-corrected chi connectivity index (χ1v) is 19.6. The number of hydrogen-bond donors (Lipinski definition) is 0. The van der Waals surface area contributed by atoms with Crippen molar-refractivity contribution in [2.75, 3.05) is 13.7 Å². The van der Waals surface area contributed by atoms with Crippen molar-refractivity contribution < 1.29 is 23.9 Å². The summed E-state index contributed by atoms with van der Waals surface area (Å²) in [6.07, 6.45) is 13.5. The summed E-state index contributed by atoms with van der Waals surface area (Å²) in [5, 5.41) is 6.89. The molecule has 3 aliphatic rings. The third-order valence-electron chi connectivity index (χ3n) is 11.7. The predicted octanol–water partition coefficient (Wildman–Crippen LogP) is 6.67. The zero-order valence-corrected chi connectivity index (χ0v) is 35.7. The Morgan fingerprint density at radius 2 is 1.58 bits per heavy atom. The normalized spacial score (nSPS) is 22.3. The van der Waals surface area contributed by atoms with Gasteiger partial charge in [-0.3, -0.25) is 14.4 Å². The summed E-state index contributed by atoms with van der Waals surface area (Å²) in [5.41, 5.74) is 11.4. The van der Waals surface area contributed by atoms with E-state index < -0.39 is 11.9 Å². The van der Waals surface area contributed by atoms with E-state index >= 15 is 0 Å². The van der Waals surface area contributed by atoms with E-state index in [1.54, 1.807) is 0 Å². The van der Waals surface area contributed by atoms with Crippen LogP contribution in [-0.2, 0) is 31.9 Å². The number of rotatable bonds is 12. The number of fused-ring (bicyclic) bond motifs is 7. The van der Waals surface area contributed by atoms with Crippen molar-refractivity contribution in [2.45, 2.75) is 107 Å². The van der Waals surface area contributed by atoms with E-state index in [-0.39, 0.29) is 59.7 Å². The van der Waals surface area contributed by atoms with Crippen molar-refractivity contribution in [1.82, 2.24) is 15.0 Å². The molecule has 1 fully saturated rings. The molecule has 0 amide bonds. The van der Waals surface area contributed by atoms with E-state index in [4.69, 9.17) is 29.7 Å². The van der Waals surface area contributed by atoms with Crippen molar-refractivity contribution in [3.8, 4) is 0 Å². The van der Waals surface area contributed by atoms with Gasteiger partial charge in [-0.2, -0.15) is 11.4 Å². The number of hydrogen-bond acceptors (Lipinski definition) is 5. The molecule has 3 atom stereocenters. The zero-order chi connectivity index (χ0) is 39.0. The van der Waals surface area contributed by atoms with Crippen LogP contribution in [0.2, 0.25) is 0 Å². The van der Waals surface area contributed by atoms with Gasteiger partial charge in [0.2, 0.25) is 0 Å². The van der Waals surface area contributed by atoms with E-state index in [1.807, 2.05) is 25.2 Å². The molecule has 9 nitrogen and oxygen atoms in total. The zero-order valence-electron chi connectivity index (χ0n) is 34.3. The standard InChI is InChI=1S/C45H55N4O5.Mg/c1-11-29-25(6)32-20-34-27(8)31(16-17-38(50)54-19-18-24(5)15-13-14-23(3)4)42(48-34)40-41(45(52)53-10)44(51)39-28(9)35(49-43(39)40)22-37-30(12-2)26(7)33(47-37)21-36(29)46-32;/h18,20-23,27,31,41H,11-17,19H2,1-10H3,(H-,48,49,51);/q-3;+2/p-1/b24-18+,33-21-,34-20-,37-22-;/t27-,31-,41+;/m0./s1. The van der Waals surface area contributed by atoms with Gasteiger partial charge in [-0.1, -0.05) is 98.2 Å². The maximum Gasteiger partial charge on any atom is 2.00 e. The van der Waals surface area contributed by atoms with Gasteiger partial charge < -0.3 is 29.7 Å². The summed E-state index contributed by atoms with van der Waals surface area (Å²) < 4.78 is 10.9. The van der Waals surface area contributed by atoms with E-state index in [1.165, 1.54) is 19.1 Å². The van der Waals surface area contributed by atoms with E-state index in [0.29, 0.717) is 46.1 Å². The summed E-state index contributed by atoms with van der Waals surface area (Å²) in [4.78, 5) is 56.2. The average molecular weight is 755 g/mol. The maximum absolute atomic E-state index is 14.3. The molecule has 0 spiro atoms. The van der Waals surface area contributed by atoms with Gasteiger partial charge in [0.05, 0.1) is 7.11 Å². The summed E-state index contributed by atoms with van der Waals surface area (Å²) in [5.74, 6) is -2.28. The van der Waals surface area contributed by atoms with Gasteiger partial charge in [0.1, 0.15) is 12.5 Å². The summed E-state index contributed by atoms with van der Waals surface area (Å²) >= 11 is 0. The molecule has 0 unspecified atom stereocenters. The van der Waals surface area contributed by atoms with E-state index in [9.17, 15) is 14.4 Å². The Hall–Kier alpha value is -4.02. The number of allylic oxidation sites excluding steroid dienone is 3. The van der Waals surface area contributed by atoms with Crippen LogP contribution in [-0.4, -0.2) is 54.5 Å². The van der Waals surface area contributed by atoms with Gasteiger partial charge in [0.15, 0.2) is 5.78 Å². The number of carbonyl (C=O) groups is 3. The van der Waals surface area contributed by atoms with Crippen LogP contribution in [0.25, 0.3) is 29.1 Å². The first-order chi connectivity index (χ1) is 25.8. The Balaban J connectivity index is 0.00000580. The minimum absolute atomic E-state index is 0. The minimum Gasteiger partial charge on any atom is -0.664 e. The third-order valence-corrected chi connectivity index (χ3v) is 11.7. The summed E-state index contributed by atoms with van der Waals surface area (Å²) in [6.45, 7) is 19.1. The van der Waals surface area contributed by atoms with Crippen molar-refractivity contribution in [2.24, 2.45) is 23.7 Å². The topological polar surface area (TPSA) is 126 Å². The molecule has 8 bridgehead atoms. The fourth-order valence-corrected chi connectivity index (χ4v) is 8.38. The van der Waals surface area contributed by atoms with Crippen LogP contribution < -0.4 is 25.7 Å². The fraction of sp³-hybridized carbons (Fsp3) is 0.489. The molecule has 0 aromatic carbocycles. The van der Waals surface area contributed by atoms with Crippen LogP contribution in [0, 0.1) is 44.4 Å². The summed E-state index contributed by atoms with van der Waals surface area (Å²) in [7, 11) is 1.30. The Morgan fingerprint density at radius 1 is 0.891 bits per heavy atom. The fourth-order valence-electron chi connectivity index (χ4n) is 8.38. The first-order valence-electron chi connectivity index (χ1n) is 19.6. The van der Waals surface area contributed by atoms with Gasteiger partial charge in [-0.05, 0) is 83.6 Å². The molecule has 10 heteroatoms. The number of esters is 2. The molecular weight excluding hydrogens is 701 g/mol. The number of ketones is 1. The molecule has 2 aliphatic heterocycles. The van der Waals surface area contributed by atoms with Crippen LogP contribution in [0.3, 0.4) is 0 Å². The molecule has 0 saturated carbocycles. The molecule has 3 aromatic heterocycles. The predicted molar refractivity (Wildman–Crippen MR) is 218 cm³/mol. The number of carbonyl (C=O) groups excluding carboxylic acids is 3. The molecule has 3 aromatic rings. The van der Waals surface area contributed by atoms with Gasteiger partial charge in [-0.15, -0.1) is 33.5 Å². The molecule has 0 radical (unpaired) electrons. The number of ether oxygens (including phenoxy) is 2. The molecule has 0 N–H and O–H groups in total. The van der Waals surface area contributed by atoms with Gasteiger partial charge in [0.25, 0.3) is 0 Å². The van der Waals surface area contributed by atoms with Crippen LogP contribution in [0.4, 0.5) is 0 Å². The second kappa shape index (κ2) is 17.4. The molecule has 6 rings (SSSR count). The number of nitrogens with zero attached hydrogens (tertiary/aromatic N) is 4. The largest absolute Gasteiger partial charge is 2.00 e. The average Bonchev–Trinajstić information content (AvgIpc) is 3.87. The molecular formula is C45H54MgN4O5-2.